The summed E-state index contributed by atoms with van der Waals surface area (Å²) in [7, 11) is 0. The van der Waals surface area contributed by atoms with Crippen LogP contribution in [0.1, 0.15) is 23.2 Å². The number of hydrogen-bond acceptors (Lipinski definition) is 4. The van der Waals surface area contributed by atoms with Gasteiger partial charge in [-0.05, 0) is 18.9 Å². The van der Waals surface area contributed by atoms with E-state index in [0.29, 0.717) is 18.7 Å². The fraction of sp³-hybridized carbons (Fsp3) is 0.533. The standard InChI is InChI=1S/C15H19N3O4/c19-13(16-4-1-2-5-16)9-17-6-7-18(10-14(17)20)15(21)12-3-8-22-11-12/h3,8,11H,1-2,4-7,9-10H2. The molecule has 22 heavy (non-hydrogen) atoms. The number of amides is 3. The zero-order valence-corrected chi connectivity index (χ0v) is 12.4. The monoisotopic (exact) mass is 305 g/mol. The summed E-state index contributed by atoms with van der Waals surface area (Å²) in [6.45, 7) is 2.52. The smallest absolute Gasteiger partial charge is 0.257 e. The van der Waals surface area contributed by atoms with Crippen molar-refractivity contribution in [1.29, 1.82) is 0 Å². The molecule has 0 bridgehead atoms. The van der Waals surface area contributed by atoms with Crippen LogP contribution in [0.4, 0.5) is 0 Å². The number of furan rings is 1. The van der Waals surface area contributed by atoms with Crippen molar-refractivity contribution in [3.05, 3.63) is 24.2 Å². The lowest BCUT2D eigenvalue weighted by molar-refractivity contribution is -0.142. The van der Waals surface area contributed by atoms with Gasteiger partial charge in [-0.15, -0.1) is 0 Å². The Bertz CT molecular complexity index is 563. The summed E-state index contributed by atoms with van der Waals surface area (Å²) in [5.41, 5.74) is 0.439. The molecule has 118 valence electrons. The van der Waals surface area contributed by atoms with Crippen molar-refractivity contribution in [1.82, 2.24) is 14.7 Å². The minimum absolute atomic E-state index is 0.000427. The van der Waals surface area contributed by atoms with Gasteiger partial charge >= 0.3 is 0 Å². The third-order valence-electron chi connectivity index (χ3n) is 4.16. The van der Waals surface area contributed by atoms with Gasteiger partial charge in [0.15, 0.2) is 0 Å². The number of carbonyl (C=O) groups is 3. The van der Waals surface area contributed by atoms with Crippen LogP contribution in [0.15, 0.2) is 23.0 Å². The second-order valence-electron chi connectivity index (χ2n) is 5.64. The highest BCUT2D eigenvalue weighted by Crippen LogP contribution is 2.12. The molecule has 0 saturated carbocycles. The van der Waals surface area contributed by atoms with E-state index < -0.39 is 0 Å². The molecule has 2 saturated heterocycles. The average molecular weight is 305 g/mol. The lowest BCUT2D eigenvalue weighted by atomic mass is 10.2. The van der Waals surface area contributed by atoms with Gasteiger partial charge in [0.2, 0.25) is 11.8 Å². The van der Waals surface area contributed by atoms with Gasteiger partial charge in [-0.2, -0.15) is 0 Å². The number of carbonyl (C=O) groups excluding carboxylic acids is 3. The topological polar surface area (TPSA) is 74.1 Å². The summed E-state index contributed by atoms with van der Waals surface area (Å²) in [5, 5.41) is 0. The molecule has 3 rings (SSSR count). The molecule has 0 spiro atoms. The number of rotatable bonds is 3. The van der Waals surface area contributed by atoms with Gasteiger partial charge in [0.1, 0.15) is 12.8 Å². The van der Waals surface area contributed by atoms with E-state index in [9.17, 15) is 14.4 Å². The van der Waals surface area contributed by atoms with Gasteiger partial charge < -0.3 is 19.1 Å². The summed E-state index contributed by atoms with van der Waals surface area (Å²) in [5.74, 6) is -0.399. The maximum atomic E-state index is 12.2. The lowest BCUT2D eigenvalue weighted by Gasteiger charge is -2.34. The van der Waals surface area contributed by atoms with Crippen LogP contribution < -0.4 is 0 Å². The summed E-state index contributed by atoms with van der Waals surface area (Å²) >= 11 is 0. The molecule has 1 aromatic rings. The fourth-order valence-electron chi connectivity index (χ4n) is 2.85. The Hall–Kier alpha value is -2.31. The van der Waals surface area contributed by atoms with Gasteiger partial charge in [-0.25, -0.2) is 0 Å². The molecule has 2 aliphatic heterocycles. The first-order valence-corrected chi connectivity index (χ1v) is 7.52. The van der Waals surface area contributed by atoms with Crippen molar-refractivity contribution in [2.75, 3.05) is 39.3 Å². The van der Waals surface area contributed by atoms with Gasteiger partial charge in [-0.3, -0.25) is 14.4 Å². The van der Waals surface area contributed by atoms with Gasteiger partial charge in [0, 0.05) is 26.2 Å². The van der Waals surface area contributed by atoms with Crippen LogP contribution in [0, 0.1) is 0 Å². The normalized spacial score (nSPS) is 18.9. The van der Waals surface area contributed by atoms with E-state index in [1.807, 2.05) is 0 Å². The average Bonchev–Trinajstić information content (AvgIpc) is 3.21. The highest BCUT2D eigenvalue weighted by Gasteiger charge is 2.30. The second kappa shape index (κ2) is 6.21. The van der Waals surface area contributed by atoms with E-state index in [0.717, 1.165) is 25.9 Å². The van der Waals surface area contributed by atoms with Crippen LogP contribution in [0.3, 0.4) is 0 Å². The second-order valence-corrected chi connectivity index (χ2v) is 5.64. The predicted octanol–water partition coefficient (Wildman–Crippen LogP) is 0.186. The quantitative estimate of drug-likeness (QED) is 0.799. The first kappa shape index (κ1) is 14.6. The van der Waals surface area contributed by atoms with Crippen LogP contribution in [-0.2, 0) is 9.59 Å². The van der Waals surface area contributed by atoms with E-state index in [1.165, 1.54) is 17.4 Å². The first-order chi connectivity index (χ1) is 10.6. The van der Waals surface area contributed by atoms with Crippen molar-refractivity contribution in [3.63, 3.8) is 0 Å². The molecule has 0 aliphatic carbocycles. The number of likely N-dealkylation sites (tertiary alicyclic amines) is 1. The van der Waals surface area contributed by atoms with Crippen molar-refractivity contribution in [2.24, 2.45) is 0 Å². The maximum absolute atomic E-state index is 12.2. The molecule has 1 aromatic heterocycles. The molecule has 2 fully saturated rings. The van der Waals surface area contributed by atoms with Crippen molar-refractivity contribution in [2.45, 2.75) is 12.8 Å². The Kier molecular flexibility index (Phi) is 4.13. The number of hydrogen-bond donors (Lipinski definition) is 0. The van der Waals surface area contributed by atoms with Gasteiger partial charge in [0.05, 0.1) is 18.4 Å². The fourth-order valence-corrected chi connectivity index (χ4v) is 2.85. The zero-order valence-electron chi connectivity index (χ0n) is 12.4. The van der Waals surface area contributed by atoms with Crippen LogP contribution in [-0.4, -0.2) is 71.7 Å². The third-order valence-corrected chi connectivity index (χ3v) is 4.16. The molecule has 0 radical (unpaired) electrons. The lowest BCUT2D eigenvalue weighted by Crippen LogP contribution is -2.54. The van der Waals surface area contributed by atoms with E-state index in [-0.39, 0.29) is 30.8 Å². The molecule has 3 amide bonds. The van der Waals surface area contributed by atoms with Crippen LogP contribution >= 0.6 is 0 Å². The Morgan fingerprint density at radius 2 is 1.86 bits per heavy atom. The molecule has 0 unspecified atom stereocenters. The van der Waals surface area contributed by atoms with E-state index in [4.69, 9.17) is 4.42 Å². The van der Waals surface area contributed by atoms with Crippen LogP contribution in [0.25, 0.3) is 0 Å². The molecule has 7 heteroatoms. The Balaban J connectivity index is 1.55. The van der Waals surface area contributed by atoms with Crippen LogP contribution in [0.5, 0.6) is 0 Å². The SMILES string of the molecule is O=C(CN1CCN(C(=O)c2ccoc2)CC1=O)N1CCCC1. The van der Waals surface area contributed by atoms with Gasteiger partial charge in [0.25, 0.3) is 5.91 Å². The highest BCUT2D eigenvalue weighted by molar-refractivity contribution is 5.97. The molecule has 2 aliphatic rings. The largest absolute Gasteiger partial charge is 0.472 e. The van der Waals surface area contributed by atoms with Crippen LogP contribution in [0.2, 0.25) is 0 Å². The van der Waals surface area contributed by atoms with Crippen molar-refractivity contribution < 1.29 is 18.8 Å². The molecule has 7 nitrogen and oxygen atoms in total. The Morgan fingerprint density at radius 1 is 1.09 bits per heavy atom. The molecule has 3 heterocycles. The zero-order chi connectivity index (χ0) is 15.5. The number of nitrogens with zero attached hydrogens (tertiary/aromatic N) is 3. The van der Waals surface area contributed by atoms with E-state index in [1.54, 1.807) is 15.9 Å². The highest BCUT2D eigenvalue weighted by atomic mass is 16.3. The predicted molar refractivity (Wildman–Crippen MR) is 77.0 cm³/mol. The summed E-state index contributed by atoms with van der Waals surface area (Å²) in [4.78, 5) is 41.3. The number of piperazine rings is 1. The minimum atomic E-state index is -0.215. The summed E-state index contributed by atoms with van der Waals surface area (Å²) < 4.78 is 4.89. The molecule has 0 atom stereocenters. The molecule has 0 aromatic carbocycles. The van der Waals surface area contributed by atoms with Crippen molar-refractivity contribution >= 4 is 17.7 Å². The van der Waals surface area contributed by atoms with Crippen molar-refractivity contribution in [3.8, 4) is 0 Å². The minimum Gasteiger partial charge on any atom is -0.472 e. The molecular formula is C15H19N3O4. The summed E-state index contributed by atoms with van der Waals surface area (Å²) in [6.07, 6.45) is 4.87. The third kappa shape index (κ3) is 2.98. The first-order valence-electron chi connectivity index (χ1n) is 7.52. The molecular weight excluding hydrogens is 286 g/mol. The molecule has 0 N–H and O–H groups in total. The van der Waals surface area contributed by atoms with E-state index in [2.05, 4.69) is 0 Å². The Labute approximate surface area is 128 Å². The summed E-state index contributed by atoms with van der Waals surface area (Å²) in [6, 6.07) is 1.58. The Morgan fingerprint density at radius 3 is 2.50 bits per heavy atom. The van der Waals surface area contributed by atoms with E-state index >= 15 is 0 Å². The maximum Gasteiger partial charge on any atom is 0.257 e. The van der Waals surface area contributed by atoms with Gasteiger partial charge in [-0.1, -0.05) is 0 Å².